The van der Waals surface area contributed by atoms with Crippen LogP contribution in [0.15, 0.2) is 10.5 Å². The van der Waals surface area contributed by atoms with Gasteiger partial charge in [-0.05, 0) is 69.9 Å². The van der Waals surface area contributed by atoms with Crippen molar-refractivity contribution in [1.29, 1.82) is 0 Å². The molecule has 2 atom stereocenters. The lowest BCUT2D eigenvalue weighted by atomic mass is 9.93. The van der Waals surface area contributed by atoms with E-state index in [9.17, 15) is 4.79 Å². The smallest absolute Gasteiger partial charge is 0.305 e. The number of hydrogen-bond donors (Lipinski definition) is 0. The molecule has 0 amide bonds. The molecule has 0 bridgehead atoms. The van der Waals surface area contributed by atoms with Crippen LogP contribution < -0.4 is 4.90 Å². The summed E-state index contributed by atoms with van der Waals surface area (Å²) < 4.78 is 19.0. The van der Waals surface area contributed by atoms with Crippen molar-refractivity contribution in [3.8, 4) is 11.6 Å². The van der Waals surface area contributed by atoms with E-state index in [1.165, 1.54) is 7.11 Å². The Bertz CT molecular complexity index is 1200. The maximum absolute atomic E-state index is 11.7. The van der Waals surface area contributed by atoms with Crippen LogP contribution in [0.4, 0.5) is 5.95 Å². The van der Waals surface area contributed by atoms with Crippen molar-refractivity contribution in [1.82, 2.24) is 19.5 Å². The van der Waals surface area contributed by atoms with E-state index in [-0.39, 0.29) is 12.2 Å². The van der Waals surface area contributed by atoms with Crippen LogP contribution in [-0.2, 0) is 14.3 Å². The van der Waals surface area contributed by atoms with Gasteiger partial charge in [-0.2, -0.15) is 0 Å². The second kappa shape index (κ2) is 10.1. The van der Waals surface area contributed by atoms with Crippen LogP contribution in [0.1, 0.15) is 62.5 Å². The van der Waals surface area contributed by atoms with Gasteiger partial charge in [0.25, 0.3) is 0 Å². The molecule has 5 rings (SSSR count). The second-order valence-corrected chi connectivity index (χ2v) is 9.89. The van der Waals surface area contributed by atoms with Crippen LogP contribution in [0.3, 0.4) is 0 Å². The van der Waals surface area contributed by atoms with Crippen LogP contribution in [0.25, 0.3) is 22.7 Å². The summed E-state index contributed by atoms with van der Waals surface area (Å²) in [7, 11) is 1.44. The Kier molecular flexibility index (Phi) is 6.98. The van der Waals surface area contributed by atoms with E-state index >= 15 is 0 Å². The number of anilines is 1. The summed E-state index contributed by atoms with van der Waals surface area (Å²) in [5, 5.41) is 0.298. The minimum atomic E-state index is -0.168. The first-order chi connectivity index (χ1) is 16.9. The number of carbonyl (C=O) groups excluding carboxylic acids is 1. The Balaban J connectivity index is 1.55. The van der Waals surface area contributed by atoms with Crippen molar-refractivity contribution in [3.63, 3.8) is 0 Å². The summed E-state index contributed by atoms with van der Waals surface area (Å²) in [5.74, 6) is 2.88. The molecule has 0 spiro atoms. The third-order valence-electron chi connectivity index (χ3n) is 7.09. The zero-order valence-electron chi connectivity index (χ0n) is 20.6. The summed E-state index contributed by atoms with van der Waals surface area (Å²) >= 11 is 6.67. The Morgan fingerprint density at radius 2 is 2.06 bits per heavy atom. The average molecular weight is 502 g/mol. The fourth-order valence-electron chi connectivity index (χ4n) is 5.04. The molecular weight excluding hydrogens is 470 g/mol. The fourth-order valence-corrected chi connectivity index (χ4v) is 5.25. The summed E-state index contributed by atoms with van der Waals surface area (Å²) in [5.41, 5.74) is 2.26. The molecule has 3 aromatic heterocycles. The standard InChI is InChI=1S/C25H32ClN5O4/c1-15-13-18(35-16(15)2)23-28-22(26)21-24(29-23)31(19-8-4-5-12-34-19)25(27-21)30-11-6-7-17(14-30)9-10-20(32)33-3/h13,17,19H,4-12,14H2,1-3H3. The van der Waals surface area contributed by atoms with Gasteiger partial charge < -0.3 is 18.8 Å². The van der Waals surface area contributed by atoms with Crippen molar-refractivity contribution in [3.05, 3.63) is 22.5 Å². The number of rotatable bonds is 6. The third kappa shape index (κ3) is 4.89. The average Bonchev–Trinajstić information content (AvgIpc) is 3.43. The number of esters is 1. The zero-order valence-corrected chi connectivity index (χ0v) is 21.3. The Morgan fingerprint density at radius 3 is 2.77 bits per heavy atom. The molecule has 0 aromatic carbocycles. The highest BCUT2D eigenvalue weighted by atomic mass is 35.5. The summed E-state index contributed by atoms with van der Waals surface area (Å²) in [6.07, 6.45) is 6.17. The van der Waals surface area contributed by atoms with E-state index in [4.69, 9.17) is 35.5 Å². The van der Waals surface area contributed by atoms with Crippen molar-refractivity contribution in [2.45, 2.75) is 65.0 Å². The third-order valence-corrected chi connectivity index (χ3v) is 7.36. The first kappa shape index (κ1) is 24.1. The number of carbonyl (C=O) groups is 1. The molecule has 35 heavy (non-hydrogen) atoms. The van der Waals surface area contributed by atoms with Gasteiger partial charge in [0.05, 0.1) is 7.11 Å². The predicted molar refractivity (Wildman–Crippen MR) is 133 cm³/mol. The van der Waals surface area contributed by atoms with Crippen LogP contribution >= 0.6 is 11.6 Å². The highest BCUT2D eigenvalue weighted by molar-refractivity contribution is 6.33. The molecule has 5 heterocycles. The summed E-state index contributed by atoms with van der Waals surface area (Å²) in [6.45, 7) is 6.30. The summed E-state index contributed by atoms with van der Waals surface area (Å²) in [4.78, 5) is 28.3. The van der Waals surface area contributed by atoms with Gasteiger partial charge in [0.2, 0.25) is 5.95 Å². The minimum Gasteiger partial charge on any atom is -0.469 e. The molecule has 3 aromatic rings. The zero-order chi connectivity index (χ0) is 24.5. The summed E-state index contributed by atoms with van der Waals surface area (Å²) in [6, 6.07) is 1.93. The van der Waals surface area contributed by atoms with Gasteiger partial charge in [0, 0.05) is 26.1 Å². The first-order valence-corrected chi connectivity index (χ1v) is 12.8. The van der Waals surface area contributed by atoms with E-state index in [1.807, 2.05) is 19.9 Å². The van der Waals surface area contributed by atoms with Gasteiger partial charge in [-0.15, -0.1) is 0 Å². The number of imidazole rings is 1. The highest BCUT2D eigenvalue weighted by Crippen LogP contribution is 2.37. The number of fused-ring (bicyclic) bond motifs is 1. The number of aromatic nitrogens is 4. The normalized spacial score (nSPS) is 21.0. The number of nitrogens with zero attached hydrogens (tertiary/aromatic N) is 5. The van der Waals surface area contributed by atoms with Gasteiger partial charge in [-0.3, -0.25) is 9.36 Å². The molecule has 0 radical (unpaired) electrons. The number of halogens is 1. The monoisotopic (exact) mass is 501 g/mol. The van der Waals surface area contributed by atoms with E-state index in [2.05, 4.69) is 14.5 Å². The largest absolute Gasteiger partial charge is 0.469 e. The maximum Gasteiger partial charge on any atom is 0.305 e. The van der Waals surface area contributed by atoms with Gasteiger partial charge >= 0.3 is 5.97 Å². The molecule has 0 N–H and O–H groups in total. The van der Waals surface area contributed by atoms with Gasteiger partial charge in [-0.25, -0.2) is 15.0 Å². The lowest BCUT2D eigenvalue weighted by Gasteiger charge is -2.35. The minimum absolute atomic E-state index is 0.164. The van der Waals surface area contributed by atoms with E-state index in [0.717, 1.165) is 68.9 Å². The number of aryl methyl sites for hydroxylation is 2. The van der Waals surface area contributed by atoms with Crippen LogP contribution in [0.5, 0.6) is 0 Å². The molecule has 9 nitrogen and oxygen atoms in total. The first-order valence-electron chi connectivity index (χ1n) is 12.4. The van der Waals surface area contributed by atoms with Crippen molar-refractivity contribution in [2.75, 3.05) is 31.7 Å². The molecule has 0 saturated carbocycles. The van der Waals surface area contributed by atoms with E-state index in [1.54, 1.807) is 0 Å². The predicted octanol–water partition coefficient (Wildman–Crippen LogP) is 5.23. The lowest BCUT2D eigenvalue weighted by Crippen LogP contribution is -2.38. The molecule has 2 unspecified atom stereocenters. The van der Waals surface area contributed by atoms with Gasteiger partial charge in [-0.1, -0.05) is 11.6 Å². The molecule has 2 fully saturated rings. The molecule has 188 valence electrons. The van der Waals surface area contributed by atoms with Crippen molar-refractivity contribution < 1.29 is 18.7 Å². The molecule has 0 aliphatic carbocycles. The number of furan rings is 1. The van der Waals surface area contributed by atoms with Crippen LogP contribution in [0.2, 0.25) is 5.15 Å². The van der Waals surface area contributed by atoms with Crippen molar-refractivity contribution in [2.24, 2.45) is 5.92 Å². The molecule has 2 aliphatic heterocycles. The SMILES string of the molecule is COC(=O)CCC1CCCN(c2nc3c(Cl)nc(-c4cc(C)c(C)o4)nc3n2C2CCCCO2)C1. The van der Waals surface area contributed by atoms with E-state index < -0.39 is 0 Å². The Morgan fingerprint density at radius 1 is 1.20 bits per heavy atom. The maximum atomic E-state index is 11.7. The topological polar surface area (TPSA) is 95.5 Å². The Labute approximate surface area is 209 Å². The Hall–Kier alpha value is -2.65. The quantitative estimate of drug-likeness (QED) is 0.335. The van der Waals surface area contributed by atoms with Crippen molar-refractivity contribution >= 4 is 34.7 Å². The molecule has 2 saturated heterocycles. The number of methoxy groups -OCH3 is 1. The number of hydrogen-bond acceptors (Lipinski definition) is 8. The lowest BCUT2D eigenvalue weighted by molar-refractivity contribution is -0.140. The molecule has 2 aliphatic rings. The van der Waals surface area contributed by atoms with Gasteiger partial charge in [0.1, 0.15) is 17.5 Å². The number of ether oxygens (including phenoxy) is 2. The number of piperidine rings is 1. The van der Waals surface area contributed by atoms with Gasteiger partial charge in [0.15, 0.2) is 22.4 Å². The molecule has 10 heteroatoms. The van der Waals surface area contributed by atoms with Crippen LogP contribution in [0, 0.1) is 19.8 Å². The van der Waals surface area contributed by atoms with E-state index in [0.29, 0.717) is 46.8 Å². The second-order valence-electron chi connectivity index (χ2n) is 9.53. The fraction of sp³-hybridized carbons (Fsp3) is 0.600. The highest BCUT2D eigenvalue weighted by Gasteiger charge is 2.31. The molecular formula is C25H32ClN5O4. The van der Waals surface area contributed by atoms with Crippen LogP contribution in [-0.4, -0.2) is 52.3 Å².